The summed E-state index contributed by atoms with van der Waals surface area (Å²) >= 11 is 5.24. The van der Waals surface area contributed by atoms with Gasteiger partial charge in [-0.15, -0.1) is 0 Å². The largest absolute Gasteiger partial charge is 0.383 e. The summed E-state index contributed by atoms with van der Waals surface area (Å²) in [5.74, 6) is 0. The van der Waals surface area contributed by atoms with Crippen molar-refractivity contribution in [2.24, 2.45) is 0 Å². The van der Waals surface area contributed by atoms with E-state index in [1.807, 2.05) is 0 Å². The summed E-state index contributed by atoms with van der Waals surface area (Å²) in [6.45, 7) is 8.34. The van der Waals surface area contributed by atoms with Gasteiger partial charge in [0.1, 0.15) is 0 Å². The fraction of sp³-hybridized carbons (Fsp3) is 0.917. The minimum atomic E-state index is 0.252. The van der Waals surface area contributed by atoms with Crippen LogP contribution in [0, 0.1) is 0 Å². The molecule has 1 heterocycles. The van der Waals surface area contributed by atoms with E-state index in [1.165, 1.54) is 25.9 Å². The van der Waals surface area contributed by atoms with Gasteiger partial charge in [0, 0.05) is 25.7 Å². The molecule has 0 aliphatic carbocycles. The number of nitrogens with one attached hydrogen (secondary N) is 2. The smallest absolute Gasteiger partial charge is 0.166 e. The monoisotopic (exact) mass is 259 g/mol. The minimum absolute atomic E-state index is 0.252. The molecule has 1 rings (SSSR count). The van der Waals surface area contributed by atoms with Crippen LogP contribution in [0.25, 0.3) is 0 Å². The highest BCUT2D eigenvalue weighted by Crippen LogP contribution is 2.10. The van der Waals surface area contributed by atoms with Gasteiger partial charge in [-0.25, -0.2) is 0 Å². The molecule has 1 aliphatic heterocycles. The van der Waals surface area contributed by atoms with Crippen LogP contribution in [0.2, 0.25) is 0 Å². The highest BCUT2D eigenvalue weighted by Gasteiger charge is 2.17. The van der Waals surface area contributed by atoms with Crippen LogP contribution in [-0.2, 0) is 4.74 Å². The molecule has 2 atom stereocenters. The summed E-state index contributed by atoms with van der Waals surface area (Å²) in [5.41, 5.74) is 0. The molecule has 0 aromatic carbocycles. The maximum atomic E-state index is 5.24. The first kappa shape index (κ1) is 14.7. The number of methoxy groups -OCH3 is 1. The van der Waals surface area contributed by atoms with Gasteiger partial charge in [-0.1, -0.05) is 0 Å². The number of likely N-dealkylation sites (tertiary alicyclic amines) is 1. The third-order valence-electron chi connectivity index (χ3n) is 3.12. The molecule has 5 heteroatoms. The predicted octanol–water partition coefficient (Wildman–Crippen LogP) is 0.970. The van der Waals surface area contributed by atoms with Crippen LogP contribution in [0.1, 0.15) is 26.7 Å². The molecule has 4 nitrogen and oxygen atoms in total. The van der Waals surface area contributed by atoms with Crippen molar-refractivity contribution in [2.45, 2.75) is 38.8 Å². The average Bonchev–Trinajstić information content (AvgIpc) is 2.79. The summed E-state index contributed by atoms with van der Waals surface area (Å²) in [7, 11) is 1.70. The average molecular weight is 259 g/mol. The molecule has 0 aromatic rings. The molecular formula is C12H25N3OS. The van der Waals surface area contributed by atoms with E-state index in [9.17, 15) is 0 Å². The Hall–Kier alpha value is -0.390. The molecule has 0 amide bonds. The van der Waals surface area contributed by atoms with E-state index in [4.69, 9.17) is 17.0 Å². The van der Waals surface area contributed by atoms with Gasteiger partial charge in [0.05, 0.1) is 6.61 Å². The lowest BCUT2D eigenvalue weighted by atomic mass is 10.3. The summed E-state index contributed by atoms with van der Waals surface area (Å²) in [6, 6.07) is 0.803. The third-order valence-corrected chi connectivity index (χ3v) is 3.38. The maximum Gasteiger partial charge on any atom is 0.166 e. The van der Waals surface area contributed by atoms with Crippen molar-refractivity contribution in [3.63, 3.8) is 0 Å². The highest BCUT2D eigenvalue weighted by atomic mass is 32.1. The van der Waals surface area contributed by atoms with Crippen LogP contribution >= 0.6 is 12.2 Å². The Bertz CT molecular complexity index is 232. The SMILES string of the molecule is COCC(C)NC(=S)NCC(C)N1CCCC1. The van der Waals surface area contributed by atoms with E-state index in [2.05, 4.69) is 29.4 Å². The van der Waals surface area contributed by atoms with Crippen LogP contribution < -0.4 is 10.6 Å². The molecule has 0 aromatic heterocycles. The number of rotatable bonds is 6. The van der Waals surface area contributed by atoms with Crippen molar-refractivity contribution < 1.29 is 4.74 Å². The second-order valence-corrected chi connectivity index (χ2v) is 5.21. The van der Waals surface area contributed by atoms with Gasteiger partial charge in [-0.3, -0.25) is 4.90 Å². The molecule has 2 unspecified atom stereocenters. The number of hydrogen-bond donors (Lipinski definition) is 2. The summed E-state index contributed by atoms with van der Waals surface area (Å²) in [4.78, 5) is 2.51. The first-order valence-corrected chi connectivity index (χ1v) is 6.81. The Balaban J connectivity index is 2.14. The summed E-state index contributed by atoms with van der Waals surface area (Å²) in [5, 5.41) is 7.20. The zero-order valence-electron chi connectivity index (χ0n) is 11.2. The van der Waals surface area contributed by atoms with Crippen LogP contribution in [-0.4, -0.2) is 55.4 Å². The van der Waals surface area contributed by atoms with Gasteiger partial charge in [0.15, 0.2) is 5.11 Å². The van der Waals surface area contributed by atoms with Crippen molar-refractivity contribution >= 4 is 17.3 Å². The minimum Gasteiger partial charge on any atom is -0.383 e. The Morgan fingerprint density at radius 3 is 2.59 bits per heavy atom. The number of hydrogen-bond acceptors (Lipinski definition) is 3. The summed E-state index contributed by atoms with van der Waals surface area (Å²) < 4.78 is 5.05. The zero-order valence-corrected chi connectivity index (χ0v) is 12.0. The quantitative estimate of drug-likeness (QED) is 0.695. The van der Waals surface area contributed by atoms with Gasteiger partial charge in [-0.2, -0.15) is 0 Å². The fourth-order valence-corrected chi connectivity index (χ4v) is 2.40. The zero-order chi connectivity index (χ0) is 12.7. The molecule has 17 heavy (non-hydrogen) atoms. The standard InChI is InChI=1S/C12H25N3OS/c1-10(9-16-3)14-12(17)13-8-11(2)15-6-4-5-7-15/h10-11H,4-9H2,1-3H3,(H2,13,14,17). The highest BCUT2D eigenvalue weighted by molar-refractivity contribution is 7.80. The number of nitrogens with zero attached hydrogens (tertiary/aromatic N) is 1. The molecule has 2 N–H and O–H groups in total. The van der Waals surface area contributed by atoms with Crippen LogP contribution in [0.15, 0.2) is 0 Å². The van der Waals surface area contributed by atoms with Gasteiger partial charge < -0.3 is 15.4 Å². The van der Waals surface area contributed by atoms with E-state index in [0.717, 1.165) is 11.7 Å². The van der Waals surface area contributed by atoms with Gasteiger partial charge in [0.2, 0.25) is 0 Å². The summed E-state index contributed by atoms with van der Waals surface area (Å²) in [6.07, 6.45) is 2.66. The van der Waals surface area contributed by atoms with Crippen molar-refractivity contribution in [1.29, 1.82) is 0 Å². The Morgan fingerprint density at radius 2 is 2.00 bits per heavy atom. The molecule has 0 spiro atoms. The van der Waals surface area contributed by atoms with Gasteiger partial charge in [0.25, 0.3) is 0 Å². The van der Waals surface area contributed by atoms with Crippen molar-refractivity contribution in [3.05, 3.63) is 0 Å². The molecule has 0 saturated carbocycles. The lowest BCUT2D eigenvalue weighted by Gasteiger charge is -2.25. The number of thiocarbonyl (C=S) groups is 1. The second kappa shape index (κ2) is 7.84. The van der Waals surface area contributed by atoms with Crippen LogP contribution in [0.3, 0.4) is 0 Å². The Labute approximate surface area is 110 Å². The van der Waals surface area contributed by atoms with Gasteiger partial charge in [-0.05, 0) is 52.0 Å². The topological polar surface area (TPSA) is 36.5 Å². The molecular weight excluding hydrogens is 234 g/mol. The Kier molecular flexibility index (Phi) is 6.77. The van der Waals surface area contributed by atoms with E-state index < -0.39 is 0 Å². The predicted molar refractivity (Wildman–Crippen MR) is 75.3 cm³/mol. The normalized spacial score (nSPS) is 19.9. The third kappa shape index (κ3) is 5.66. The molecule has 0 radical (unpaired) electrons. The molecule has 0 bridgehead atoms. The Morgan fingerprint density at radius 1 is 1.35 bits per heavy atom. The van der Waals surface area contributed by atoms with E-state index in [1.54, 1.807) is 7.11 Å². The molecule has 1 fully saturated rings. The maximum absolute atomic E-state index is 5.24. The second-order valence-electron chi connectivity index (χ2n) is 4.80. The van der Waals surface area contributed by atoms with Crippen LogP contribution in [0.5, 0.6) is 0 Å². The lowest BCUT2D eigenvalue weighted by Crippen LogP contribution is -2.47. The lowest BCUT2D eigenvalue weighted by molar-refractivity contribution is 0.179. The van der Waals surface area contributed by atoms with E-state index in [0.29, 0.717) is 12.6 Å². The van der Waals surface area contributed by atoms with Crippen LogP contribution in [0.4, 0.5) is 0 Å². The van der Waals surface area contributed by atoms with Gasteiger partial charge >= 0.3 is 0 Å². The molecule has 100 valence electrons. The molecule has 1 aliphatic rings. The van der Waals surface area contributed by atoms with E-state index >= 15 is 0 Å². The molecule has 1 saturated heterocycles. The first-order chi connectivity index (χ1) is 8.13. The van der Waals surface area contributed by atoms with Crippen molar-refractivity contribution in [2.75, 3.05) is 33.4 Å². The number of ether oxygens (including phenoxy) is 1. The van der Waals surface area contributed by atoms with Crippen molar-refractivity contribution in [1.82, 2.24) is 15.5 Å². The fourth-order valence-electron chi connectivity index (χ4n) is 2.12. The van der Waals surface area contributed by atoms with E-state index in [-0.39, 0.29) is 6.04 Å². The first-order valence-electron chi connectivity index (χ1n) is 6.41. The van der Waals surface area contributed by atoms with Crippen molar-refractivity contribution in [3.8, 4) is 0 Å².